The van der Waals surface area contributed by atoms with Gasteiger partial charge in [0, 0.05) is 19.8 Å². The van der Waals surface area contributed by atoms with Gasteiger partial charge in [-0.2, -0.15) is 0 Å². The first kappa shape index (κ1) is 14.3. The second kappa shape index (κ2) is 5.92. The van der Waals surface area contributed by atoms with E-state index in [0.717, 1.165) is 5.56 Å². The summed E-state index contributed by atoms with van der Waals surface area (Å²) in [4.78, 5) is 17.1. The van der Waals surface area contributed by atoms with E-state index in [1.54, 1.807) is 0 Å². The molecule has 0 aliphatic rings. The van der Waals surface area contributed by atoms with Gasteiger partial charge >= 0.3 is 5.97 Å². The molecule has 0 saturated heterocycles. The summed E-state index contributed by atoms with van der Waals surface area (Å²) in [5.41, 5.74) is 2.40. The molecule has 0 bridgehead atoms. The predicted octanol–water partition coefficient (Wildman–Crippen LogP) is 3.38. The summed E-state index contributed by atoms with van der Waals surface area (Å²) >= 11 is 5.81. The van der Waals surface area contributed by atoms with Crippen LogP contribution in [0.25, 0.3) is 0 Å². The molecular formula is C15H15ClN2O2. The normalized spacial score (nSPS) is 10.3. The molecule has 1 aromatic carbocycles. The van der Waals surface area contributed by atoms with E-state index in [1.807, 2.05) is 43.1 Å². The van der Waals surface area contributed by atoms with Crippen molar-refractivity contribution in [1.82, 2.24) is 4.98 Å². The number of hydrogen-bond acceptors (Lipinski definition) is 3. The first-order valence-electron chi connectivity index (χ1n) is 6.13. The highest BCUT2D eigenvalue weighted by Crippen LogP contribution is 2.21. The smallest absolute Gasteiger partial charge is 0.337 e. The maximum absolute atomic E-state index is 11.1. The topological polar surface area (TPSA) is 53.4 Å². The van der Waals surface area contributed by atoms with Gasteiger partial charge in [0.05, 0.1) is 10.6 Å². The average Bonchev–Trinajstić information content (AvgIpc) is 2.41. The van der Waals surface area contributed by atoms with Crippen LogP contribution in [0.2, 0.25) is 5.02 Å². The third-order valence-corrected chi connectivity index (χ3v) is 3.30. The Hall–Kier alpha value is -2.07. The molecule has 1 aromatic heterocycles. The Morgan fingerprint density at radius 1 is 1.35 bits per heavy atom. The number of carboxylic acid groups (broad SMARTS) is 1. The first-order chi connectivity index (χ1) is 9.47. The Bertz CT molecular complexity index is 626. The zero-order valence-electron chi connectivity index (χ0n) is 11.3. The van der Waals surface area contributed by atoms with Crippen molar-refractivity contribution in [3.63, 3.8) is 0 Å². The van der Waals surface area contributed by atoms with Gasteiger partial charge in [0.25, 0.3) is 0 Å². The van der Waals surface area contributed by atoms with E-state index < -0.39 is 5.97 Å². The summed E-state index contributed by atoms with van der Waals surface area (Å²) in [7, 11) is 1.86. The van der Waals surface area contributed by atoms with Gasteiger partial charge in [-0.15, -0.1) is 0 Å². The Morgan fingerprint density at radius 2 is 2.00 bits per heavy atom. The van der Waals surface area contributed by atoms with E-state index in [0.29, 0.717) is 12.4 Å². The van der Waals surface area contributed by atoms with Gasteiger partial charge in [-0.3, -0.25) is 0 Å². The van der Waals surface area contributed by atoms with Crippen LogP contribution in [0.3, 0.4) is 0 Å². The standard InChI is InChI=1S/C15H15ClN2O2/c1-10-3-5-11(6-4-10)9-18(2)14-7-12(15(19)20)13(16)8-17-14/h3-8H,9H2,1-2H3,(H,19,20). The summed E-state index contributed by atoms with van der Waals surface area (Å²) in [5.74, 6) is -0.477. The van der Waals surface area contributed by atoms with Crippen molar-refractivity contribution < 1.29 is 9.90 Å². The molecule has 0 radical (unpaired) electrons. The molecule has 2 rings (SSSR count). The highest BCUT2D eigenvalue weighted by molar-refractivity contribution is 6.33. The zero-order chi connectivity index (χ0) is 14.7. The lowest BCUT2D eigenvalue weighted by molar-refractivity contribution is 0.0697. The molecule has 5 heteroatoms. The van der Waals surface area contributed by atoms with Gasteiger partial charge in [0.15, 0.2) is 0 Å². The number of carbonyl (C=O) groups is 1. The van der Waals surface area contributed by atoms with E-state index in [-0.39, 0.29) is 10.6 Å². The summed E-state index contributed by atoms with van der Waals surface area (Å²) in [5, 5.41) is 9.20. The summed E-state index contributed by atoms with van der Waals surface area (Å²) in [6.07, 6.45) is 1.37. The average molecular weight is 291 g/mol. The highest BCUT2D eigenvalue weighted by atomic mass is 35.5. The number of hydrogen-bond donors (Lipinski definition) is 1. The molecule has 2 aromatic rings. The number of pyridine rings is 1. The maximum atomic E-state index is 11.1. The maximum Gasteiger partial charge on any atom is 0.337 e. The minimum atomic E-state index is -1.05. The molecule has 0 saturated carbocycles. The van der Waals surface area contributed by atoms with E-state index in [4.69, 9.17) is 16.7 Å². The molecule has 4 nitrogen and oxygen atoms in total. The van der Waals surface area contributed by atoms with Crippen LogP contribution >= 0.6 is 11.6 Å². The fourth-order valence-electron chi connectivity index (χ4n) is 1.85. The number of anilines is 1. The molecule has 0 aliphatic carbocycles. The van der Waals surface area contributed by atoms with Gasteiger partial charge in [0.2, 0.25) is 0 Å². The van der Waals surface area contributed by atoms with Gasteiger partial charge < -0.3 is 10.0 Å². The molecule has 0 fully saturated rings. The Balaban J connectivity index is 2.20. The molecule has 1 N–H and O–H groups in total. The molecule has 0 unspecified atom stereocenters. The molecule has 0 amide bonds. The monoisotopic (exact) mass is 290 g/mol. The van der Waals surface area contributed by atoms with Crippen molar-refractivity contribution in [2.24, 2.45) is 0 Å². The fraction of sp³-hybridized carbons (Fsp3) is 0.200. The van der Waals surface area contributed by atoms with E-state index in [9.17, 15) is 4.79 Å². The Morgan fingerprint density at radius 3 is 2.60 bits per heavy atom. The van der Waals surface area contributed by atoms with Crippen LogP contribution in [0.15, 0.2) is 36.5 Å². The lowest BCUT2D eigenvalue weighted by Crippen LogP contribution is -2.18. The van der Waals surface area contributed by atoms with Crippen LogP contribution in [-0.2, 0) is 6.54 Å². The third-order valence-electron chi connectivity index (χ3n) is 3.00. The van der Waals surface area contributed by atoms with Crippen molar-refractivity contribution in [1.29, 1.82) is 0 Å². The van der Waals surface area contributed by atoms with Crippen molar-refractivity contribution in [2.45, 2.75) is 13.5 Å². The summed E-state index contributed by atoms with van der Waals surface area (Å²) in [6.45, 7) is 2.68. The number of nitrogens with zero attached hydrogens (tertiary/aromatic N) is 2. The Kier molecular flexibility index (Phi) is 4.25. The second-order valence-corrected chi connectivity index (χ2v) is 5.08. The molecule has 20 heavy (non-hydrogen) atoms. The zero-order valence-corrected chi connectivity index (χ0v) is 12.1. The van der Waals surface area contributed by atoms with Gasteiger partial charge in [-0.1, -0.05) is 41.4 Å². The van der Waals surface area contributed by atoms with Gasteiger partial charge in [-0.25, -0.2) is 9.78 Å². The Labute approximate surface area is 122 Å². The van der Waals surface area contributed by atoms with Crippen molar-refractivity contribution >= 4 is 23.4 Å². The third kappa shape index (κ3) is 3.27. The SMILES string of the molecule is Cc1ccc(CN(C)c2cc(C(=O)O)c(Cl)cn2)cc1. The molecule has 1 heterocycles. The quantitative estimate of drug-likeness (QED) is 0.938. The van der Waals surface area contributed by atoms with Crippen LogP contribution in [0.5, 0.6) is 0 Å². The van der Waals surface area contributed by atoms with Crippen LogP contribution in [0.1, 0.15) is 21.5 Å². The number of aromatic carboxylic acids is 1. The number of carboxylic acids is 1. The largest absolute Gasteiger partial charge is 0.478 e. The first-order valence-corrected chi connectivity index (χ1v) is 6.50. The minimum Gasteiger partial charge on any atom is -0.478 e. The van der Waals surface area contributed by atoms with Crippen LogP contribution in [0, 0.1) is 6.92 Å². The second-order valence-electron chi connectivity index (χ2n) is 4.67. The molecular weight excluding hydrogens is 276 g/mol. The highest BCUT2D eigenvalue weighted by Gasteiger charge is 2.12. The van der Waals surface area contributed by atoms with Crippen LogP contribution in [0.4, 0.5) is 5.82 Å². The van der Waals surface area contributed by atoms with Gasteiger partial charge in [0.1, 0.15) is 5.82 Å². The molecule has 0 spiro atoms. The van der Waals surface area contributed by atoms with Crippen LogP contribution in [-0.4, -0.2) is 23.1 Å². The van der Waals surface area contributed by atoms with E-state index in [2.05, 4.69) is 4.98 Å². The summed E-state index contributed by atoms with van der Waals surface area (Å²) < 4.78 is 0. The molecule has 0 aliphatic heterocycles. The predicted molar refractivity (Wildman–Crippen MR) is 79.5 cm³/mol. The number of halogens is 1. The van der Waals surface area contributed by atoms with Gasteiger partial charge in [-0.05, 0) is 18.6 Å². The number of benzene rings is 1. The summed E-state index contributed by atoms with van der Waals surface area (Å²) in [6, 6.07) is 9.65. The molecule has 0 atom stereocenters. The van der Waals surface area contributed by atoms with Crippen molar-refractivity contribution in [2.75, 3.05) is 11.9 Å². The number of aromatic nitrogens is 1. The van der Waals surface area contributed by atoms with E-state index in [1.165, 1.54) is 17.8 Å². The fourth-order valence-corrected chi connectivity index (χ4v) is 2.03. The van der Waals surface area contributed by atoms with E-state index >= 15 is 0 Å². The van der Waals surface area contributed by atoms with Crippen molar-refractivity contribution in [3.05, 3.63) is 58.2 Å². The van der Waals surface area contributed by atoms with Crippen molar-refractivity contribution in [3.8, 4) is 0 Å². The lowest BCUT2D eigenvalue weighted by atomic mass is 10.1. The lowest BCUT2D eigenvalue weighted by Gasteiger charge is -2.19. The minimum absolute atomic E-state index is 0.0624. The molecule has 104 valence electrons. The number of aryl methyl sites for hydroxylation is 1. The van der Waals surface area contributed by atoms with Crippen LogP contribution < -0.4 is 4.90 Å². The number of rotatable bonds is 4.